The molecule has 0 radical (unpaired) electrons. The van der Waals surface area contributed by atoms with E-state index < -0.39 is 9.84 Å². The molecule has 3 nitrogen and oxygen atoms in total. The van der Waals surface area contributed by atoms with Gasteiger partial charge in [0.15, 0.2) is 0 Å². The summed E-state index contributed by atoms with van der Waals surface area (Å²) in [6, 6.07) is 5.62. The third kappa shape index (κ3) is 5.07. The van der Waals surface area contributed by atoms with Gasteiger partial charge in [0.05, 0.1) is 5.75 Å². The Kier molecular flexibility index (Phi) is 4.72. The Hall–Kier alpha value is 0.0500. The Bertz CT molecular complexity index is 445. The molecule has 15 heavy (non-hydrogen) atoms. The zero-order valence-corrected chi connectivity index (χ0v) is 12.0. The second-order valence-corrected chi connectivity index (χ2v) is 7.73. The first-order valence-electron chi connectivity index (χ1n) is 4.24. The predicted molar refractivity (Wildman–Crippen MR) is 74.0 cm³/mol. The molecule has 1 aromatic carbocycles. The minimum Gasteiger partial charge on any atom is -0.399 e. The number of halogens is 1. The Morgan fingerprint density at radius 2 is 2.13 bits per heavy atom. The number of hydrogen-bond donors (Lipinski definition) is 1. The van der Waals surface area contributed by atoms with Crippen LogP contribution in [-0.4, -0.2) is 26.2 Å². The first kappa shape index (κ1) is 13.1. The quantitative estimate of drug-likeness (QED) is 0.509. The van der Waals surface area contributed by atoms with E-state index in [1.165, 1.54) is 6.26 Å². The van der Waals surface area contributed by atoms with Gasteiger partial charge in [-0.2, -0.15) is 0 Å². The number of sulfone groups is 1. The van der Waals surface area contributed by atoms with Gasteiger partial charge < -0.3 is 5.73 Å². The summed E-state index contributed by atoms with van der Waals surface area (Å²) in [6.45, 7) is 0. The van der Waals surface area contributed by atoms with Gasteiger partial charge in [-0.25, -0.2) is 8.42 Å². The highest BCUT2D eigenvalue weighted by Crippen LogP contribution is 2.26. The minimum atomic E-state index is -2.86. The van der Waals surface area contributed by atoms with Crippen LogP contribution in [0, 0.1) is 3.57 Å². The van der Waals surface area contributed by atoms with E-state index in [-0.39, 0.29) is 5.75 Å². The van der Waals surface area contributed by atoms with Crippen LogP contribution in [0.3, 0.4) is 0 Å². The monoisotopic (exact) mass is 357 g/mol. The summed E-state index contributed by atoms with van der Waals surface area (Å²) in [5, 5.41) is 0. The lowest BCUT2D eigenvalue weighted by Gasteiger charge is -2.04. The molecule has 0 unspecified atom stereocenters. The summed E-state index contributed by atoms with van der Waals surface area (Å²) in [6.07, 6.45) is 1.25. The lowest BCUT2D eigenvalue weighted by atomic mass is 10.3. The fourth-order valence-corrected chi connectivity index (χ4v) is 4.07. The van der Waals surface area contributed by atoms with Crippen molar-refractivity contribution in [1.29, 1.82) is 0 Å². The molecule has 1 aromatic rings. The number of rotatable bonds is 4. The summed E-state index contributed by atoms with van der Waals surface area (Å²) in [5.74, 6) is 0.789. The first-order valence-corrected chi connectivity index (χ1v) is 8.36. The number of nitrogens with two attached hydrogens (primary N) is 1. The van der Waals surface area contributed by atoms with Crippen molar-refractivity contribution in [3.05, 3.63) is 21.8 Å². The van der Waals surface area contributed by atoms with Gasteiger partial charge >= 0.3 is 0 Å². The van der Waals surface area contributed by atoms with Gasteiger partial charge in [-0.3, -0.25) is 0 Å². The van der Waals surface area contributed by atoms with Crippen LogP contribution in [0.25, 0.3) is 0 Å². The van der Waals surface area contributed by atoms with E-state index in [1.54, 1.807) is 11.8 Å². The second kappa shape index (κ2) is 5.40. The summed E-state index contributed by atoms with van der Waals surface area (Å²) < 4.78 is 22.9. The van der Waals surface area contributed by atoms with Gasteiger partial charge in [0, 0.05) is 26.2 Å². The Morgan fingerprint density at radius 3 is 2.67 bits per heavy atom. The average molecular weight is 357 g/mol. The van der Waals surface area contributed by atoms with Gasteiger partial charge in [-0.05, 0) is 40.8 Å². The van der Waals surface area contributed by atoms with E-state index in [9.17, 15) is 8.42 Å². The highest BCUT2D eigenvalue weighted by atomic mass is 127. The van der Waals surface area contributed by atoms with Crippen molar-refractivity contribution in [3.8, 4) is 0 Å². The lowest BCUT2D eigenvalue weighted by Crippen LogP contribution is -2.05. The van der Waals surface area contributed by atoms with Crippen LogP contribution in [0.15, 0.2) is 23.1 Å². The first-order chi connectivity index (χ1) is 6.88. The van der Waals surface area contributed by atoms with Crippen LogP contribution in [0.5, 0.6) is 0 Å². The van der Waals surface area contributed by atoms with E-state index in [1.807, 2.05) is 18.2 Å². The molecule has 2 N–H and O–H groups in total. The van der Waals surface area contributed by atoms with Gasteiger partial charge in [-0.1, -0.05) is 0 Å². The molecule has 84 valence electrons. The SMILES string of the molecule is CS(=O)(=O)CCSc1ccc(N)cc1I. The number of nitrogen functional groups attached to an aromatic ring is 1. The van der Waals surface area contributed by atoms with Crippen LogP contribution < -0.4 is 5.73 Å². The van der Waals surface area contributed by atoms with Gasteiger partial charge in [0.2, 0.25) is 0 Å². The van der Waals surface area contributed by atoms with Crippen LogP contribution in [0.1, 0.15) is 0 Å². The Morgan fingerprint density at radius 1 is 1.47 bits per heavy atom. The Balaban J connectivity index is 2.59. The maximum atomic E-state index is 10.9. The molecule has 0 fully saturated rings. The normalized spacial score (nSPS) is 11.6. The van der Waals surface area contributed by atoms with Crippen molar-refractivity contribution in [2.75, 3.05) is 23.5 Å². The van der Waals surface area contributed by atoms with Gasteiger partial charge in [0.1, 0.15) is 9.84 Å². The highest BCUT2D eigenvalue weighted by Gasteiger charge is 2.05. The van der Waals surface area contributed by atoms with E-state index in [0.29, 0.717) is 5.75 Å². The largest absolute Gasteiger partial charge is 0.399 e. The lowest BCUT2D eigenvalue weighted by molar-refractivity contribution is 0.603. The van der Waals surface area contributed by atoms with Crippen LogP contribution in [0.2, 0.25) is 0 Å². The highest BCUT2D eigenvalue weighted by molar-refractivity contribution is 14.1. The van der Waals surface area contributed by atoms with Gasteiger partial charge in [0.25, 0.3) is 0 Å². The summed E-state index contributed by atoms with van der Waals surface area (Å²) in [5.41, 5.74) is 6.34. The maximum Gasteiger partial charge on any atom is 0.148 e. The molecule has 0 aliphatic rings. The molecule has 0 heterocycles. The smallest absolute Gasteiger partial charge is 0.148 e. The van der Waals surface area contributed by atoms with Crippen molar-refractivity contribution >= 4 is 49.9 Å². The summed E-state index contributed by atoms with van der Waals surface area (Å²) >= 11 is 3.74. The van der Waals surface area contributed by atoms with Crippen molar-refractivity contribution in [2.24, 2.45) is 0 Å². The molecular formula is C9H12INO2S2. The number of benzene rings is 1. The molecule has 0 bridgehead atoms. The van der Waals surface area contributed by atoms with Crippen molar-refractivity contribution in [3.63, 3.8) is 0 Å². The van der Waals surface area contributed by atoms with E-state index in [2.05, 4.69) is 22.6 Å². The molecule has 0 aliphatic heterocycles. The molecule has 0 saturated carbocycles. The molecular weight excluding hydrogens is 345 g/mol. The summed E-state index contributed by atoms with van der Waals surface area (Å²) in [4.78, 5) is 1.08. The zero-order chi connectivity index (χ0) is 11.5. The Labute approximate surface area is 108 Å². The van der Waals surface area contributed by atoms with Crippen LogP contribution in [-0.2, 0) is 9.84 Å². The van der Waals surface area contributed by atoms with E-state index in [0.717, 1.165) is 14.2 Å². The molecule has 0 aliphatic carbocycles. The fraction of sp³-hybridized carbons (Fsp3) is 0.333. The van der Waals surface area contributed by atoms with E-state index in [4.69, 9.17) is 5.73 Å². The van der Waals surface area contributed by atoms with Crippen LogP contribution >= 0.6 is 34.4 Å². The van der Waals surface area contributed by atoms with Crippen LogP contribution in [0.4, 0.5) is 5.69 Å². The fourth-order valence-electron chi connectivity index (χ4n) is 0.937. The number of anilines is 1. The van der Waals surface area contributed by atoms with Crippen molar-refractivity contribution in [2.45, 2.75) is 4.90 Å². The van der Waals surface area contributed by atoms with Crippen molar-refractivity contribution < 1.29 is 8.42 Å². The second-order valence-electron chi connectivity index (χ2n) is 3.17. The zero-order valence-electron chi connectivity index (χ0n) is 8.23. The average Bonchev–Trinajstić information content (AvgIpc) is 2.07. The molecule has 0 saturated heterocycles. The number of hydrogen-bond acceptors (Lipinski definition) is 4. The maximum absolute atomic E-state index is 10.9. The molecule has 6 heteroatoms. The minimum absolute atomic E-state index is 0.206. The molecule has 0 atom stereocenters. The molecule has 0 aromatic heterocycles. The third-order valence-electron chi connectivity index (χ3n) is 1.67. The van der Waals surface area contributed by atoms with Gasteiger partial charge in [-0.15, -0.1) is 11.8 Å². The predicted octanol–water partition coefficient (Wildman–Crippen LogP) is 2.01. The standard InChI is InChI=1S/C9H12INO2S2/c1-15(12,13)5-4-14-9-3-2-7(11)6-8(9)10/h2-3,6H,4-5,11H2,1H3. The molecule has 1 rings (SSSR count). The third-order valence-corrected chi connectivity index (χ3v) is 5.21. The molecule has 0 amide bonds. The molecule has 0 spiro atoms. The number of thioether (sulfide) groups is 1. The van der Waals surface area contributed by atoms with Crippen molar-refractivity contribution in [1.82, 2.24) is 0 Å². The summed E-state index contributed by atoms with van der Waals surface area (Å²) in [7, 11) is -2.86. The topological polar surface area (TPSA) is 60.2 Å². The van der Waals surface area contributed by atoms with E-state index >= 15 is 0 Å².